The summed E-state index contributed by atoms with van der Waals surface area (Å²) < 4.78 is 0. The van der Waals surface area contributed by atoms with Crippen LogP contribution in [0.15, 0.2) is 35.1 Å². The molecule has 0 amide bonds. The molecule has 1 aliphatic heterocycles. The van der Waals surface area contributed by atoms with E-state index in [1.807, 2.05) is 18.2 Å². The van der Waals surface area contributed by atoms with Crippen LogP contribution in [0.5, 0.6) is 5.88 Å². The van der Waals surface area contributed by atoms with Gasteiger partial charge in [0.2, 0.25) is 5.88 Å². The minimum absolute atomic E-state index is 0.187. The lowest BCUT2D eigenvalue weighted by molar-refractivity contribution is 0.420. The molecule has 2 heterocycles. The molecule has 1 aromatic heterocycles. The van der Waals surface area contributed by atoms with E-state index in [-0.39, 0.29) is 22.9 Å². The molecule has 104 valence electrons. The SMILES string of the molecule is O=c1[nH]c(C2CCNCC2)nc(O)c1-c1ccccc1. The summed E-state index contributed by atoms with van der Waals surface area (Å²) in [4.78, 5) is 19.3. The Bertz CT molecular complexity index is 646. The van der Waals surface area contributed by atoms with Crippen LogP contribution in [-0.4, -0.2) is 28.2 Å². The molecule has 3 rings (SSSR count). The van der Waals surface area contributed by atoms with E-state index < -0.39 is 0 Å². The zero-order valence-corrected chi connectivity index (χ0v) is 11.1. The van der Waals surface area contributed by atoms with Crippen LogP contribution < -0.4 is 10.9 Å². The molecule has 1 saturated heterocycles. The summed E-state index contributed by atoms with van der Waals surface area (Å²) >= 11 is 0. The van der Waals surface area contributed by atoms with Crippen LogP contribution in [-0.2, 0) is 0 Å². The molecule has 0 aliphatic carbocycles. The summed E-state index contributed by atoms with van der Waals surface area (Å²) in [5.41, 5.74) is 0.635. The van der Waals surface area contributed by atoms with Crippen LogP contribution in [0.2, 0.25) is 0 Å². The van der Waals surface area contributed by atoms with Crippen molar-refractivity contribution in [1.29, 1.82) is 0 Å². The summed E-state index contributed by atoms with van der Waals surface area (Å²) in [5.74, 6) is 0.613. The predicted octanol–water partition coefficient (Wildman–Crippen LogP) is 1.61. The smallest absolute Gasteiger partial charge is 0.262 e. The van der Waals surface area contributed by atoms with Gasteiger partial charge < -0.3 is 15.4 Å². The fraction of sp³-hybridized carbons (Fsp3) is 0.333. The van der Waals surface area contributed by atoms with Crippen LogP contribution in [0.1, 0.15) is 24.6 Å². The van der Waals surface area contributed by atoms with Crippen LogP contribution in [0.25, 0.3) is 11.1 Å². The average molecular weight is 271 g/mol. The number of H-pyrrole nitrogens is 1. The lowest BCUT2D eigenvalue weighted by Gasteiger charge is -2.21. The highest BCUT2D eigenvalue weighted by atomic mass is 16.3. The Balaban J connectivity index is 2.01. The number of rotatable bonds is 2. The van der Waals surface area contributed by atoms with Crippen molar-refractivity contribution < 1.29 is 5.11 Å². The van der Waals surface area contributed by atoms with Crippen molar-refractivity contribution in [2.24, 2.45) is 0 Å². The van der Waals surface area contributed by atoms with Crippen molar-refractivity contribution >= 4 is 0 Å². The highest BCUT2D eigenvalue weighted by Crippen LogP contribution is 2.27. The monoisotopic (exact) mass is 271 g/mol. The lowest BCUT2D eigenvalue weighted by Crippen LogP contribution is -2.28. The molecular weight excluding hydrogens is 254 g/mol. The normalized spacial score (nSPS) is 16.2. The van der Waals surface area contributed by atoms with Crippen molar-refractivity contribution in [2.45, 2.75) is 18.8 Å². The van der Waals surface area contributed by atoms with E-state index in [2.05, 4.69) is 15.3 Å². The number of piperidine rings is 1. The Hall–Kier alpha value is -2.14. The molecule has 5 nitrogen and oxygen atoms in total. The van der Waals surface area contributed by atoms with Crippen LogP contribution >= 0.6 is 0 Å². The molecule has 5 heteroatoms. The van der Waals surface area contributed by atoms with Gasteiger partial charge in [0.05, 0.1) is 0 Å². The van der Waals surface area contributed by atoms with E-state index >= 15 is 0 Å². The van der Waals surface area contributed by atoms with Crippen molar-refractivity contribution in [2.75, 3.05) is 13.1 Å². The summed E-state index contributed by atoms with van der Waals surface area (Å²) in [6.45, 7) is 1.82. The van der Waals surface area contributed by atoms with E-state index in [9.17, 15) is 9.90 Å². The van der Waals surface area contributed by atoms with E-state index in [0.29, 0.717) is 11.4 Å². The zero-order chi connectivity index (χ0) is 13.9. The molecule has 3 N–H and O–H groups in total. The number of nitrogens with one attached hydrogen (secondary N) is 2. The third kappa shape index (κ3) is 2.44. The Labute approximate surface area is 116 Å². The fourth-order valence-corrected chi connectivity index (χ4v) is 2.63. The highest BCUT2D eigenvalue weighted by molar-refractivity contribution is 5.66. The number of aromatic hydroxyl groups is 1. The second-order valence-corrected chi connectivity index (χ2v) is 5.04. The quantitative estimate of drug-likeness (QED) is 0.775. The van der Waals surface area contributed by atoms with Gasteiger partial charge in [0.25, 0.3) is 5.56 Å². The van der Waals surface area contributed by atoms with Gasteiger partial charge in [-0.2, -0.15) is 4.98 Å². The molecule has 2 aromatic rings. The number of hydrogen-bond donors (Lipinski definition) is 3. The molecular formula is C15H17N3O2. The molecule has 0 bridgehead atoms. The molecule has 0 atom stereocenters. The minimum atomic E-state index is -0.280. The van der Waals surface area contributed by atoms with Crippen molar-refractivity contribution in [3.05, 3.63) is 46.5 Å². The number of aromatic amines is 1. The third-order valence-corrected chi connectivity index (χ3v) is 3.71. The van der Waals surface area contributed by atoms with Gasteiger partial charge in [-0.05, 0) is 31.5 Å². The Kier molecular flexibility index (Phi) is 3.52. The number of benzene rings is 1. The third-order valence-electron chi connectivity index (χ3n) is 3.71. The largest absolute Gasteiger partial charge is 0.493 e. The Morgan fingerprint density at radius 1 is 1.15 bits per heavy atom. The fourth-order valence-electron chi connectivity index (χ4n) is 2.63. The van der Waals surface area contributed by atoms with Crippen molar-refractivity contribution in [3.63, 3.8) is 0 Å². The molecule has 1 aliphatic rings. The van der Waals surface area contributed by atoms with Crippen molar-refractivity contribution in [3.8, 4) is 17.0 Å². The second-order valence-electron chi connectivity index (χ2n) is 5.04. The number of hydrogen-bond acceptors (Lipinski definition) is 4. The average Bonchev–Trinajstić information content (AvgIpc) is 2.48. The standard InChI is InChI=1S/C15H17N3O2/c19-14-12(10-4-2-1-3-5-10)15(20)18-13(17-14)11-6-8-16-9-7-11/h1-5,11,16H,6-9H2,(H2,17,18,19,20). The van der Waals surface area contributed by atoms with Crippen molar-refractivity contribution in [1.82, 2.24) is 15.3 Å². The maximum atomic E-state index is 12.2. The van der Waals surface area contributed by atoms with Gasteiger partial charge in [-0.15, -0.1) is 0 Å². The lowest BCUT2D eigenvalue weighted by atomic mass is 9.97. The number of nitrogens with zero attached hydrogens (tertiary/aromatic N) is 1. The maximum Gasteiger partial charge on any atom is 0.262 e. The van der Waals surface area contributed by atoms with Crippen LogP contribution in [0.3, 0.4) is 0 Å². The van der Waals surface area contributed by atoms with Gasteiger partial charge in [0.1, 0.15) is 11.4 Å². The molecule has 0 saturated carbocycles. The van der Waals surface area contributed by atoms with E-state index in [0.717, 1.165) is 25.9 Å². The first kappa shape index (κ1) is 12.9. The van der Waals surface area contributed by atoms with Gasteiger partial charge in [0, 0.05) is 5.92 Å². The summed E-state index contributed by atoms with van der Waals surface area (Å²) in [6, 6.07) is 9.10. The molecule has 1 aromatic carbocycles. The molecule has 20 heavy (non-hydrogen) atoms. The maximum absolute atomic E-state index is 12.2. The zero-order valence-electron chi connectivity index (χ0n) is 11.1. The number of aromatic nitrogens is 2. The van der Waals surface area contributed by atoms with Crippen LogP contribution in [0.4, 0.5) is 0 Å². The first-order chi connectivity index (χ1) is 9.75. The summed E-state index contributed by atoms with van der Waals surface area (Å²) in [7, 11) is 0. The predicted molar refractivity (Wildman–Crippen MR) is 76.8 cm³/mol. The summed E-state index contributed by atoms with van der Waals surface area (Å²) in [6.07, 6.45) is 1.85. The molecule has 0 radical (unpaired) electrons. The van der Waals surface area contributed by atoms with Gasteiger partial charge in [0.15, 0.2) is 0 Å². The van der Waals surface area contributed by atoms with Gasteiger partial charge in [-0.1, -0.05) is 30.3 Å². The van der Waals surface area contributed by atoms with E-state index in [1.165, 1.54) is 0 Å². The highest BCUT2D eigenvalue weighted by Gasteiger charge is 2.20. The first-order valence-electron chi connectivity index (χ1n) is 6.85. The molecule has 0 unspecified atom stereocenters. The molecule has 0 spiro atoms. The van der Waals surface area contributed by atoms with Gasteiger partial charge in [-0.25, -0.2) is 0 Å². The first-order valence-corrected chi connectivity index (χ1v) is 6.85. The topological polar surface area (TPSA) is 78.0 Å². The minimum Gasteiger partial charge on any atom is -0.493 e. The van der Waals surface area contributed by atoms with E-state index in [1.54, 1.807) is 12.1 Å². The van der Waals surface area contributed by atoms with E-state index in [4.69, 9.17) is 0 Å². The van der Waals surface area contributed by atoms with Gasteiger partial charge in [-0.3, -0.25) is 4.79 Å². The van der Waals surface area contributed by atoms with Gasteiger partial charge >= 0.3 is 0 Å². The van der Waals surface area contributed by atoms with Crippen LogP contribution in [0, 0.1) is 0 Å². The Morgan fingerprint density at radius 3 is 2.50 bits per heavy atom. The second kappa shape index (κ2) is 5.46. The molecule has 1 fully saturated rings. The summed E-state index contributed by atoms with van der Waals surface area (Å²) in [5, 5.41) is 13.4. The Morgan fingerprint density at radius 2 is 1.85 bits per heavy atom.